The van der Waals surface area contributed by atoms with E-state index >= 15 is 0 Å². The Morgan fingerprint density at radius 1 is 1.12 bits per heavy atom. The van der Waals surface area contributed by atoms with Crippen molar-refractivity contribution in [1.82, 2.24) is 34.3 Å². The van der Waals surface area contributed by atoms with Crippen LogP contribution >= 0.6 is 0 Å². The van der Waals surface area contributed by atoms with Gasteiger partial charge in [0.1, 0.15) is 11.5 Å². The first-order valence-corrected chi connectivity index (χ1v) is 8.62. The lowest BCUT2D eigenvalue weighted by molar-refractivity contribution is 0.0836. The van der Waals surface area contributed by atoms with Gasteiger partial charge in [0.25, 0.3) is 0 Å². The molecular formula is C17H23N7O. The highest BCUT2D eigenvalue weighted by molar-refractivity contribution is 5.29. The maximum absolute atomic E-state index is 5.47. The van der Waals surface area contributed by atoms with E-state index in [0.29, 0.717) is 12.3 Å². The lowest BCUT2D eigenvalue weighted by Crippen LogP contribution is -2.15. The zero-order chi connectivity index (χ0) is 17.4. The van der Waals surface area contributed by atoms with Crippen molar-refractivity contribution in [2.45, 2.75) is 32.1 Å². The van der Waals surface area contributed by atoms with Crippen molar-refractivity contribution in [3.05, 3.63) is 41.5 Å². The number of nitrogens with zero attached hydrogens (tertiary/aromatic N) is 7. The van der Waals surface area contributed by atoms with Crippen LogP contribution < -0.4 is 0 Å². The summed E-state index contributed by atoms with van der Waals surface area (Å²) >= 11 is 0. The van der Waals surface area contributed by atoms with Crippen molar-refractivity contribution in [1.29, 1.82) is 0 Å². The van der Waals surface area contributed by atoms with Crippen LogP contribution in [0, 0.1) is 6.92 Å². The minimum atomic E-state index is 0.361. The number of ether oxygens (including phenoxy) is 1. The first-order chi connectivity index (χ1) is 12.1. The molecule has 0 atom stereocenters. The van der Waals surface area contributed by atoms with Gasteiger partial charge in [-0.2, -0.15) is 15.3 Å². The van der Waals surface area contributed by atoms with Gasteiger partial charge in [0.15, 0.2) is 5.82 Å². The number of hydrogen-bond donors (Lipinski definition) is 0. The van der Waals surface area contributed by atoms with E-state index in [2.05, 4.69) is 10.2 Å². The van der Waals surface area contributed by atoms with E-state index in [1.165, 1.54) is 5.56 Å². The van der Waals surface area contributed by atoms with Crippen LogP contribution in [-0.4, -0.2) is 47.5 Å². The SMILES string of the molecule is Cc1nn(C)cc1Cc1nc(C2CCOCC2)nn1-c1cnn(C)c1. The minimum absolute atomic E-state index is 0.361. The van der Waals surface area contributed by atoms with E-state index in [9.17, 15) is 0 Å². The second kappa shape index (κ2) is 6.44. The highest BCUT2D eigenvalue weighted by Crippen LogP contribution is 2.26. The molecule has 8 nitrogen and oxygen atoms in total. The van der Waals surface area contributed by atoms with Crippen LogP contribution in [0.2, 0.25) is 0 Å². The first-order valence-electron chi connectivity index (χ1n) is 8.62. The van der Waals surface area contributed by atoms with Crippen molar-refractivity contribution in [2.24, 2.45) is 14.1 Å². The fraction of sp³-hybridized carbons (Fsp3) is 0.529. The van der Waals surface area contributed by atoms with E-state index in [1.807, 2.05) is 49.0 Å². The second-order valence-electron chi connectivity index (χ2n) is 6.65. The lowest BCUT2D eigenvalue weighted by atomic mass is 10.00. The molecule has 1 aliphatic heterocycles. The molecule has 0 N–H and O–H groups in total. The molecule has 8 heteroatoms. The first kappa shape index (κ1) is 16.0. The normalized spacial score (nSPS) is 15.8. The summed E-state index contributed by atoms with van der Waals surface area (Å²) in [6.07, 6.45) is 8.48. The summed E-state index contributed by atoms with van der Waals surface area (Å²) in [5.74, 6) is 2.19. The molecule has 0 aliphatic carbocycles. The molecule has 132 valence electrons. The summed E-state index contributed by atoms with van der Waals surface area (Å²) in [5.41, 5.74) is 3.12. The lowest BCUT2D eigenvalue weighted by Gasteiger charge is -2.18. The van der Waals surface area contributed by atoms with Crippen molar-refractivity contribution in [2.75, 3.05) is 13.2 Å². The Morgan fingerprint density at radius 3 is 2.56 bits per heavy atom. The Morgan fingerprint density at radius 2 is 1.92 bits per heavy atom. The third-order valence-corrected chi connectivity index (χ3v) is 4.68. The summed E-state index contributed by atoms with van der Waals surface area (Å²) in [6.45, 7) is 3.59. The topological polar surface area (TPSA) is 75.6 Å². The molecular weight excluding hydrogens is 318 g/mol. The Bertz CT molecular complexity index is 870. The summed E-state index contributed by atoms with van der Waals surface area (Å²) < 4.78 is 11.0. The van der Waals surface area contributed by atoms with Crippen molar-refractivity contribution >= 4 is 0 Å². The van der Waals surface area contributed by atoms with Gasteiger partial charge in [-0.1, -0.05) is 0 Å². The van der Waals surface area contributed by atoms with E-state index in [-0.39, 0.29) is 0 Å². The van der Waals surface area contributed by atoms with Gasteiger partial charge >= 0.3 is 0 Å². The van der Waals surface area contributed by atoms with Gasteiger partial charge in [-0.15, -0.1) is 0 Å². The largest absolute Gasteiger partial charge is 0.381 e. The van der Waals surface area contributed by atoms with E-state index in [1.54, 1.807) is 4.68 Å². The smallest absolute Gasteiger partial charge is 0.154 e. The predicted molar refractivity (Wildman–Crippen MR) is 91.7 cm³/mol. The summed E-state index contributed by atoms with van der Waals surface area (Å²) in [5, 5.41) is 13.5. The molecule has 4 rings (SSSR count). The average Bonchev–Trinajstić information content (AvgIpc) is 3.28. The molecule has 3 aromatic rings. The van der Waals surface area contributed by atoms with Crippen LogP contribution in [0.3, 0.4) is 0 Å². The van der Waals surface area contributed by atoms with Crippen molar-refractivity contribution in [3.8, 4) is 5.69 Å². The monoisotopic (exact) mass is 341 g/mol. The number of rotatable bonds is 4. The molecule has 3 aromatic heterocycles. The number of aromatic nitrogens is 7. The molecule has 1 aliphatic rings. The second-order valence-corrected chi connectivity index (χ2v) is 6.65. The van der Waals surface area contributed by atoms with Crippen LogP contribution in [-0.2, 0) is 25.3 Å². The zero-order valence-electron chi connectivity index (χ0n) is 14.9. The van der Waals surface area contributed by atoms with E-state index in [0.717, 1.165) is 49.1 Å². The van der Waals surface area contributed by atoms with Crippen LogP contribution in [0.25, 0.3) is 5.69 Å². The standard InChI is InChI=1S/C17H23N7O/c1-12-14(10-23(3)20-12)8-16-19-17(13-4-6-25-7-5-13)21-24(16)15-9-18-22(2)11-15/h9-11,13H,4-8H2,1-3H3. The molecule has 1 fully saturated rings. The summed E-state index contributed by atoms with van der Waals surface area (Å²) in [7, 11) is 3.85. The Hall–Kier alpha value is -2.48. The van der Waals surface area contributed by atoms with E-state index < -0.39 is 0 Å². The molecule has 0 radical (unpaired) electrons. The van der Waals surface area contributed by atoms with Crippen LogP contribution in [0.1, 0.15) is 41.7 Å². The van der Waals surface area contributed by atoms with Gasteiger partial charge in [-0.3, -0.25) is 9.36 Å². The highest BCUT2D eigenvalue weighted by Gasteiger charge is 2.23. The summed E-state index contributed by atoms with van der Waals surface area (Å²) in [6, 6.07) is 0. The van der Waals surface area contributed by atoms with Gasteiger partial charge in [0.05, 0.1) is 18.1 Å². The Labute approximate surface area is 146 Å². The van der Waals surface area contributed by atoms with Crippen molar-refractivity contribution < 1.29 is 4.74 Å². The minimum Gasteiger partial charge on any atom is -0.381 e. The molecule has 0 unspecified atom stereocenters. The molecule has 25 heavy (non-hydrogen) atoms. The maximum atomic E-state index is 5.47. The van der Waals surface area contributed by atoms with Gasteiger partial charge in [0, 0.05) is 51.4 Å². The van der Waals surface area contributed by atoms with Crippen LogP contribution in [0.4, 0.5) is 0 Å². The average molecular weight is 341 g/mol. The highest BCUT2D eigenvalue weighted by atomic mass is 16.5. The molecule has 0 spiro atoms. The Kier molecular flexibility index (Phi) is 4.12. The Balaban J connectivity index is 1.72. The van der Waals surface area contributed by atoms with E-state index in [4.69, 9.17) is 14.8 Å². The quantitative estimate of drug-likeness (QED) is 0.719. The molecule has 0 saturated carbocycles. The fourth-order valence-corrected chi connectivity index (χ4v) is 3.32. The maximum Gasteiger partial charge on any atom is 0.154 e. The molecule has 1 saturated heterocycles. The predicted octanol–water partition coefficient (Wildman–Crippen LogP) is 1.53. The number of aryl methyl sites for hydroxylation is 3. The molecule has 0 bridgehead atoms. The van der Waals surface area contributed by atoms with Crippen LogP contribution in [0.5, 0.6) is 0 Å². The zero-order valence-corrected chi connectivity index (χ0v) is 14.9. The van der Waals surface area contributed by atoms with Crippen molar-refractivity contribution in [3.63, 3.8) is 0 Å². The van der Waals surface area contributed by atoms with Gasteiger partial charge < -0.3 is 4.74 Å². The molecule has 4 heterocycles. The third kappa shape index (κ3) is 3.21. The molecule has 0 aromatic carbocycles. The molecule has 0 amide bonds. The fourth-order valence-electron chi connectivity index (χ4n) is 3.32. The van der Waals surface area contributed by atoms with Gasteiger partial charge in [0.2, 0.25) is 0 Å². The third-order valence-electron chi connectivity index (χ3n) is 4.68. The van der Waals surface area contributed by atoms with Gasteiger partial charge in [-0.25, -0.2) is 9.67 Å². The summed E-state index contributed by atoms with van der Waals surface area (Å²) in [4.78, 5) is 4.89. The van der Waals surface area contributed by atoms with Crippen LogP contribution in [0.15, 0.2) is 18.6 Å². The van der Waals surface area contributed by atoms with Gasteiger partial charge in [-0.05, 0) is 19.8 Å². The number of hydrogen-bond acceptors (Lipinski definition) is 5.